The van der Waals surface area contributed by atoms with Crippen molar-refractivity contribution in [1.29, 1.82) is 0 Å². The molecule has 1 atom stereocenters. The van der Waals surface area contributed by atoms with Crippen molar-refractivity contribution in [2.45, 2.75) is 39.3 Å². The number of rotatable bonds is 4. The smallest absolute Gasteiger partial charge is 0.152 e. The standard InChI is InChI=1S/C8H16N2O3/c1-6(11)7(5-9-13-12)10-8(2,3)4/h5,7,10,12H,1-4H3. The molecule has 0 aliphatic rings. The average molecular weight is 188 g/mol. The van der Waals surface area contributed by atoms with Crippen molar-refractivity contribution in [3.8, 4) is 0 Å². The monoisotopic (exact) mass is 188 g/mol. The zero-order valence-electron chi connectivity index (χ0n) is 8.37. The molecule has 0 aliphatic carbocycles. The van der Waals surface area contributed by atoms with Crippen molar-refractivity contribution in [1.82, 2.24) is 5.32 Å². The summed E-state index contributed by atoms with van der Waals surface area (Å²) in [5.74, 6) is -0.0873. The molecule has 13 heavy (non-hydrogen) atoms. The van der Waals surface area contributed by atoms with Crippen LogP contribution < -0.4 is 5.32 Å². The second-order valence-corrected chi connectivity index (χ2v) is 3.82. The maximum absolute atomic E-state index is 11.0. The van der Waals surface area contributed by atoms with Crippen LogP contribution in [0.1, 0.15) is 27.7 Å². The Morgan fingerprint density at radius 2 is 2.15 bits per heavy atom. The number of hydrogen-bond acceptors (Lipinski definition) is 5. The Balaban J connectivity index is 4.27. The van der Waals surface area contributed by atoms with Crippen LogP contribution in [-0.2, 0) is 9.78 Å². The van der Waals surface area contributed by atoms with Crippen molar-refractivity contribution in [3.05, 3.63) is 0 Å². The quantitative estimate of drug-likeness (QED) is 0.389. The van der Waals surface area contributed by atoms with Gasteiger partial charge in [-0.15, -0.1) is 0 Å². The molecule has 0 aromatic carbocycles. The summed E-state index contributed by atoms with van der Waals surface area (Å²) in [5, 5.41) is 14.1. The van der Waals surface area contributed by atoms with Gasteiger partial charge in [-0.05, 0) is 27.7 Å². The van der Waals surface area contributed by atoms with E-state index in [9.17, 15) is 4.79 Å². The van der Waals surface area contributed by atoms with Crippen LogP contribution in [0.2, 0.25) is 0 Å². The molecule has 0 rings (SSSR count). The maximum atomic E-state index is 11.0. The number of nitrogens with one attached hydrogen (secondary N) is 1. The summed E-state index contributed by atoms with van der Waals surface area (Å²) in [6, 6.07) is -0.535. The summed E-state index contributed by atoms with van der Waals surface area (Å²) in [6.45, 7) is 7.22. The number of nitrogens with zero attached hydrogens (tertiary/aromatic N) is 1. The zero-order chi connectivity index (χ0) is 10.5. The molecular weight excluding hydrogens is 172 g/mol. The Labute approximate surface area is 77.7 Å². The highest BCUT2D eigenvalue weighted by molar-refractivity contribution is 5.97. The van der Waals surface area contributed by atoms with Crippen LogP contribution in [0.25, 0.3) is 0 Å². The van der Waals surface area contributed by atoms with Crippen LogP contribution in [-0.4, -0.2) is 28.8 Å². The van der Waals surface area contributed by atoms with E-state index in [0.717, 1.165) is 0 Å². The van der Waals surface area contributed by atoms with Gasteiger partial charge in [-0.3, -0.25) is 10.1 Å². The van der Waals surface area contributed by atoms with Crippen molar-refractivity contribution in [2.24, 2.45) is 5.16 Å². The molecule has 0 aromatic heterocycles. The van der Waals surface area contributed by atoms with Gasteiger partial charge in [-0.25, -0.2) is 4.99 Å². The highest BCUT2D eigenvalue weighted by atomic mass is 17.2. The lowest BCUT2D eigenvalue weighted by Crippen LogP contribution is -2.47. The van der Waals surface area contributed by atoms with E-state index in [1.54, 1.807) is 0 Å². The fraction of sp³-hybridized carbons (Fsp3) is 0.750. The molecule has 0 fully saturated rings. The minimum Gasteiger partial charge on any atom is -0.298 e. The summed E-state index contributed by atoms with van der Waals surface area (Å²) >= 11 is 0. The van der Waals surface area contributed by atoms with Gasteiger partial charge < -0.3 is 0 Å². The number of carbonyl (C=O) groups excluding carboxylic acids is 1. The molecule has 0 saturated heterocycles. The minimum absolute atomic E-state index is 0.0873. The SMILES string of the molecule is CC(=O)C(C=NOO)NC(C)(C)C. The van der Waals surface area contributed by atoms with E-state index in [0.29, 0.717) is 0 Å². The third kappa shape index (κ3) is 6.24. The molecule has 0 spiro atoms. The van der Waals surface area contributed by atoms with E-state index in [4.69, 9.17) is 5.26 Å². The summed E-state index contributed by atoms with van der Waals surface area (Å²) in [5.41, 5.74) is -0.197. The van der Waals surface area contributed by atoms with Gasteiger partial charge in [0.15, 0.2) is 5.78 Å². The second-order valence-electron chi connectivity index (χ2n) is 3.82. The zero-order valence-corrected chi connectivity index (χ0v) is 8.37. The van der Waals surface area contributed by atoms with Gasteiger partial charge in [0, 0.05) is 5.54 Å². The average Bonchev–Trinajstić information content (AvgIpc) is 1.95. The summed E-state index contributed by atoms with van der Waals surface area (Å²) in [6.07, 6.45) is 1.22. The normalized spacial score (nSPS) is 14.5. The molecule has 0 amide bonds. The molecule has 0 heterocycles. The number of Topliss-reactive ketones (excluding diaryl/α,β-unsaturated/α-hetero) is 1. The van der Waals surface area contributed by atoms with E-state index in [1.165, 1.54) is 13.1 Å². The predicted molar refractivity (Wildman–Crippen MR) is 49.6 cm³/mol. The maximum Gasteiger partial charge on any atom is 0.152 e. The fourth-order valence-corrected chi connectivity index (χ4v) is 0.798. The molecule has 5 heteroatoms. The van der Waals surface area contributed by atoms with Crippen LogP contribution in [0.15, 0.2) is 5.16 Å². The largest absolute Gasteiger partial charge is 0.298 e. The lowest BCUT2D eigenvalue weighted by atomic mass is 10.1. The third-order valence-electron chi connectivity index (χ3n) is 1.28. The van der Waals surface area contributed by atoms with Crippen LogP contribution >= 0.6 is 0 Å². The number of ketones is 1. The Kier molecular flexibility index (Phi) is 4.58. The first-order valence-electron chi connectivity index (χ1n) is 3.99. The molecule has 0 radical (unpaired) electrons. The van der Waals surface area contributed by atoms with Gasteiger partial charge in [0.2, 0.25) is 0 Å². The predicted octanol–water partition coefficient (Wildman–Crippen LogP) is 0.807. The van der Waals surface area contributed by atoms with Crippen LogP contribution in [0.5, 0.6) is 0 Å². The lowest BCUT2D eigenvalue weighted by Gasteiger charge is -2.24. The van der Waals surface area contributed by atoms with Crippen molar-refractivity contribution < 1.29 is 15.0 Å². The Morgan fingerprint density at radius 1 is 1.62 bits per heavy atom. The van der Waals surface area contributed by atoms with Gasteiger partial charge in [-0.1, -0.05) is 5.16 Å². The first-order chi connectivity index (χ1) is 5.87. The number of carbonyl (C=O) groups is 1. The molecular formula is C8H16N2O3. The Hall–Kier alpha value is -0.940. The molecule has 5 nitrogen and oxygen atoms in total. The van der Waals surface area contributed by atoms with Crippen molar-refractivity contribution >= 4 is 12.0 Å². The molecule has 0 aliphatic heterocycles. The van der Waals surface area contributed by atoms with E-state index < -0.39 is 6.04 Å². The van der Waals surface area contributed by atoms with E-state index in [2.05, 4.69) is 15.5 Å². The molecule has 1 unspecified atom stereocenters. The topological polar surface area (TPSA) is 70.9 Å². The molecule has 0 saturated carbocycles. The van der Waals surface area contributed by atoms with Gasteiger partial charge in [0.25, 0.3) is 0 Å². The summed E-state index contributed by atoms with van der Waals surface area (Å²) < 4.78 is 0. The van der Waals surface area contributed by atoms with Crippen LogP contribution in [0.4, 0.5) is 0 Å². The first kappa shape index (κ1) is 12.1. The minimum atomic E-state index is -0.535. The molecule has 0 aromatic rings. The fourth-order valence-electron chi connectivity index (χ4n) is 0.798. The van der Waals surface area contributed by atoms with E-state index in [1.807, 2.05) is 20.8 Å². The van der Waals surface area contributed by atoms with Gasteiger partial charge >= 0.3 is 0 Å². The molecule has 0 bridgehead atoms. The molecule has 2 N–H and O–H groups in total. The lowest BCUT2D eigenvalue weighted by molar-refractivity contribution is -0.242. The first-order valence-corrected chi connectivity index (χ1v) is 3.99. The third-order valence-corrected chi connectivity index (χ3v) is 1.28. The van der Waals surface area contributed by atoms with Gasteiger partial charge in [0.05, 0.1) is 6.21 Å². The van der Waals surface area contributed by atoms with E-state index >= 15 is 0 Å². The Morgan fingerprint density at radius 3 is 2.46 bits per heavy atom. The second kappa shape index (κ2) is 4.94. The Bertz CT molecular complexity index is 196. The molecule has 76 valence electrons. The summed E-state index contributed by atoms with van der Waals surface area (Å²) in [7, 11) is 0. The van der Waals surface area contributed by atoms with Crippen molar-refractivity contribution in [2.75, 3.05) is 0 Å². The van der Waals surface area contributed by atoms with Gasteiger partial charge in [0.1, 0.15) is 6.04 Å². The number of hydrogen-bond donors (Lipinski definition) is 2. The highest BCUT2D eigenvalue weighted by Crippen LogP contribution is 2.00. The summed E-state index contributed by atoms with van der Waals surface area (Å²) in [4.78, 5) is 14.6. The highest BCUT2D eigenvalue weighted by Gasteiger charge is 2.19. The van der Waals surface area contributed by atoms with Crippen molar-refractivity contribution in [3.63, 3.8) is 0 Å². The van der Waals surface area contributed by atoms with Gasteiger partial charge in [-0.2, -0.15) is 5.26 Å². The van der Waals surface area contributed by atoms with Crippen LogP contribution in [0, 0.1) is 0 Å². The van der Waals surface area contributed by atoms with E-state index in [-0.39, 0.29) is 11.3 Å². The van der Waals surface area contributed by atoms with Crippen LogP contribution in [0.3, 0.4) is 0 Å². The number of oxime groups is 1.